The molecule has 0 aliphatic rings. The summed E-state index contributed by atoms with van der Waals surface area (Å²) < 4.78 is 3.25. The molecule has 0 amide bonds. The molecule has 1 aromatic rings. The van der Waals surface area contributed by atoms with Crippen molar-refractivity contribution in [2.75, 3.05) is 0 Å². The molecular formula is C9H15IN2. The number of aryl methyl sites for hydroxylation is 1. The average Bonchev–Trinajstić information content (AvgIpc) is 2.45. The van der Waals surface area contributed by atoms with Gasteiger partial charge in [-0.05, 0) is 29.0 Å². The van der Waals surface area contributed by atoms with E-state index in [2.05, 4.69) is 40.8 Å². The lowest BCUT2D eigenvalue weighted by molar-refractivity contribution is 0.541. The van der Waals surface area contributed by atoms with Crippen molar-refractivity contribution in [2.24, 2.45) is 0 Å². The summed E-state index contributed by atoms with van der Waals surface area (Å²) in [5.41, 5.74) is 0. The molecule has 0 unspecified atom stereocenters. The maximum atomic E-state index is 4.22. The van der Waals surface area contributed by atoms with E-state index in [0.717, 1.165) is 6.54 Å². The number of nitrogens with zero attached hydrogens (tertiary/aromatic N) is 2. The van der Waals surface area contributed by atoms with E-state index in [1.165, 1.54) is 29.3 Å². The molecule has 12 heavy (non-hydrogen) atoms. The number of hydrogen-bond acceptors (Lipinski definition) is 1. The fourth-order valence-electron chi connectivity index (χ4n) is 1.16. The zero-order valence-electron chi connectivity index (χ0n) is 7.46. The Morgan fingerprint density at radius 1 is 1.42 bits per heavy atom. The zero-order chi connectivity index (χ0) is 8.81. The molecule has 0 aromatic carbocycles. The largest absolute Gasteiger partial charge is 0.272 e. The van der Waals surface area contributed by atoms with Crippen LogP contribution in [0.25, 0.3) is 0 Å². The molecule has 0 fully saturated rings. The van der Waals surface area contributed by atoms with Crippen LogP contribution < -0.4 is 0 Å². The third-order valence-electron chi connectivity index (χ3n) is 1.84. The summed E-state index contributed by atoms with van der Waals surface area (Å²) in [6.07, 6.45) is 9.22. The molecule has 1 heterocycles. The highest BCUT2D eigenvalue weighted by Crippen LogP contribution is 2.04. The van der Waals surface area contributed by atoms with Gasteiger partial charge in [-0.1, -0.05) is 26.2 Å². The standard InChI is InChI=1S/C9H15IN2/c1-2-3-4-5-6-12-8-9(10)7-11-12/h7-8H,2-6H2,1H3. The van der Waals surface area contributed by atoms with E-state index in [1.54, 1.807) is 0 Å². The molecule has 1 aromatic heterocycles. The Morgan fingerprint density at radius 3 is 2.83 bits per heavy atom. The minimum atomic E-state index is 1.07. The van der Waals surface area contributed by atoms with Gasteiger partial charge in [-0.3, -0.25) is 4.68 Å². The maximum Gasteiger partial charge on any atom is 0.0623 e. The number of rotatable bonds is 5. The topological polar surface area (TPSA) is 17.8 Å². The van der Waals surface area contributed by atoms with Crippen molar-refractivity contribution < 1.29 is 0 Å². The van der Waals surface area contributed by atoms with Crippen LogP contribution in [0.15, 0.2) is 12.4 Å². The first kappa shape index (κ1) is 10.0. The molecule has 68 valence electrons. The molecule has 1 rings (SSSR count). The Bertz CT molecular complexity index is 220. The second-order valence-corrected chi connectivity index (χ2v) is 4.23. The molecule has 0 N–H and O–H groups in total. The van der Waals surface area contributed by atoms with Gasteiger partial charge >= 0.3 is 0 Å². The van der Waals surface area contributed by atoms with E-state index in [-0.39, 0.29) is 0 Å². The molecular weight excluding hydrogens is 263 g/mol. The summed E-state index contributed by atoms with van der Waals surface area (Å²) in [4.78, 5) is 0. The molecule has 2 nitrogen and oxygen atoms in total. The van der Waals surface area contributed by atoms with E-state index in [9.17, 15) is 0 Å². The Kier molecular flexibility index (Phi) is 4.65. The van der Waals surface area contributed by atoms with Gasteiger partial charge in [-0.25, -0.2) is 0 Å². The van der Waals surface area contributed by atoms with Crippen molar-refractivity contribution >= 4 is 22.6 Å². The summed E-state index contributed by atoms with van der Waals surface area (Å²) in [5.74, 6) is 0. The van der Waals surface area contributed by atoms with Crippen LogP contribution in [0, 0.1) is 3.57 Å². The van der Waals surface area contributed by atoms with Crippen molar-refractivity contribution in [1.29, 1.82) is 0 Å². The smallest absolute Gasteiger partial charge is 0.0623 e. The first-order valence-electron chi connectivity index (χ1n) is 4.51. The molecule has 0 aliphatic heterocycles. The Hall–Kier alpha value is -0.0600. The summed E-state index contributed by atoms with van der Waals surface area (Å²) in [6, 6.07) is 0. The Labute approximate surface area is 87.5 Å². The number of halogens is 1. The van der Waals surface area contributed by atoms with Crippen LogP contribution in [0.2, 0.25) is 0 Å². The van der Waals surface area contributed by atoms with Gasteiger partial charge in [0, 0.05) is 12.7 Å². The average molecular weight is 278 g/mol. The normalized spacial score (nSPS) is 10.5. The fraction of sp³-hybridized carbons (Fsp3) is 0.667. The SMILES string of the molecule is CCCCCCn1cc(I)cn1. The lowest BCUT2D eigenvalue weighted by Gasteiger charge is -1.99. The van der Waals surface area contributed by atoms with Gasteiger partial charge < -0.3 is 0 Å². The predicted octanol–water partition coefficient (Wildman–Crippen LogP) is 3.07. The van der Waals surface area contributed by atoms with Crippen LogP contribution in [-0.4, -0.2) is 9.78 Å². The molecule has 0 saturated heterocycles. The third-order valence-corrected chi connectivity index (χ3v) is 2.40. The number of hydrogen-bond donors (Lipinski definition) is 0. The summed E-state index contributed by atoms with van der Waals surface area (Å²) >= 11 is 2.29. The highest BCUT2D eigenvalue weighted by molar-refractivity contribution is 14.1. The third kappa shape index (κ3) is 3.56. The Balaban J connectivity index is 2.15. The van der Waals surface area contributed by atoms with Crippen LogP contribution in [0.3, 0.4) is 0 Å². The van der Waals surface area contributed by atoms with E-state index < -0.39 is 0 Å². The molecule has 0 aliphatic carbocycles. The second-order valence-electron chi connectivity index (χ2n) is 2.98. The van der Waals surface area contributed by atoms with Gasteiger partial charge in [-0.2, -0.15) is 5.10 Å². The quantitative estimate of drug-likeness (QED) is 0.598. The lowest BCUT2D eigenvalue weighted by Crippen LogP contribution is -1.97. The van der Waals surface area contributed by atoms with Gasteiger partial charge in [0.2, 0.25) is 0 Å². The van der Waals surface area contributed by atoms with E-state index in [4.69, 9.17) is 0 Å². The van der Waals surface area contributed by atoms with Crippen molar-refractivity contribution in [3.63, 3.8) is 0 Å². The molecule has 0 radical (unpaired) electrons. The molecule has 0 spiro atoms. The fourth-order valence-corrected chi connectivity index (χ4v) is 1.61. The van der Waals surface area contributed by atoms with Gasteiger partial charge in [0.25, 0.3) is 0 Å². The minimum absolute atomic E-state index is 1.07. The van der Waals surface area contributed by atoms with E-state index >= 15 is 0 Å². The molecule has 3 heteroatoms. The van der Waals surface area contributed by atoms with Crippen LogP contribution in [0.5, 0.6) is 0 Å². The summed E-state index contributed by atoms with van der Waals surface area (Å²) in [6.45, 7) is 3.31. The van der Waals surface area contributed by atoms with Crippen molar-refractivity contribution in [3.8, 4) is 0 Å². The molecule has 0 bridgehead atoms. The van der Waals surface area contributed by atoms with Gasteiger partial charge in [0.1, 0.15) is 0 Å². The summed E-state index contributed by atoms with van der Waals surface area (Å²) in [5, 5.41) is 4.22. The number of aromatic nitrogens is 2. The number of unbranched alkanes of at least 4 members (excludes halogenated alkanes) is 3. The van der Waals surface area contributed by atoms with E-state index in [0.29, 0.717) is 0 Å². The first-order valence-corrected chi connectivity index (χ1v) is 5.58. The van der Waals surface area contributed by atoms with E-state index in [1.807, 2.05) is 10.9 Å². The highest BCUT2D eigenvalue weighted by Gasteiger charge is 1.93. The first-order chi connectivity index (χ1) is 5.83. The molecule has 0 atom stereocenters. The van der Waals surface area contributed by atoms with Crippen molar-refractivity contribution in [2.45, 2.75) is 39.2 Å². The Morgan fingerprint density at radius 2 is 2.25 bits per heavy atom. The van der Waals surface area contributed by atoms with Crippen LogP contribution in [0.1, 0.15) is 32.6 Å². The molecule has 0 saturated carbocycles. The monoisotopic (exact) mass is 278 g/mol. The highest BCUT2D eigenvalue weighted by atomic mass is 127. The van der Waals surface area contributed by atoms with Crippen LogP contribution in [-0.2, 0) is 6.54 Å². The summed E-state index contributed by atoms with van der Waals surface area (Å²) in [7, 11) is 0. The van der Waals surface area contributed by atoms with Gasteiger partial charge in [-0.15, -0.1) is 0 Å². The van der Waals surface area contributed by atoms with Crippen LogP contribution >= 0.6 is 22.6 Å². The second kappa shape index (κ2) is 5.56. The lowest BCUT2D eigenvalue weighted by atomic mass is 10.2. The minimum Gasteiger partial charge on any atom is -0.272 e. The zero-order valence-corrected chi connectivity index (χ0v) is 9.62. The van der Waals surface area contributed by atoms with Crippen molar-refractivity contribution in [1.82, 2.24) is 9.78 Å². The predicted molar refractivity (Wildman–Crippen MR) is 59.1 cm³/mol. The van der Waals surface area contributed by atoms with Gasteiger partial charge in [0.05, 0.1) is 9.77 Å². The maximum absolute atomic E-state index is 4.22. The van der Waals surface area contributed by atoms with Crippen LogP contribution in [0.4, 0.5) is 0 Å². The van der Waals surface area contributed by atoms with Gasteiger partial charge in [0.15, 0.2) is 0 Å². The van der Waals surface area contributed by atoms with Crippen molar-refractivity contribution in [3.05, 3.63) is 16.0 Å².